The van der Waals surface area contributed by atoms with Crippen LogP contribution in [0.5, 0.6) is 11.5 Å². The molecular formula is C23H28N2O3. The normalized spacial score (nSPS) is 11.3. The number of ether oxygens (including phenoxy) is 2. The van der Waals surface area contributed by atoms with Gasteiger partial charge in [-0.2, -0.15) is 4.98 Å². The van der Waals surface area contributed by atoms with Gasteiger partial charge in [-0.05, 0) is 35.4 Å². The van der Waals surface area contributed by atoms with Crippen LogP contribution < -0.4 is 14.4 Å². The maximum Gasteiger partial charge on any atom is 0.298 e. The molecule has 0 aliphatic rings. The van der Waals surface area contributed by atoms with Gasteiger partial charge in [0, 0.05) is 18.5 Å². The second-order valence-corrected chi connectivity index (χ2v) is 7.82. The summed E-state index contributed by atoms with van der Waals surface area (Å²) < 4.78 is 16.6. The van der Waals surface area contributed by atoms with E-state index in [2.05, 4.69) is 37.8 Å². The van der Waals surface area contributed by atoms with E-state index in [1.807, 2.05) is 36.4 Å². The van der Waals surface area contributed by atoms with E-state index in [0.717, 1.165) is 28.3 Å². The number of methoxy groups -OCH3 is 2. The number of benzene rings is 2. The molecule has 0 N–H and O–H groups in total. The van der Waals surface area contributed by atoms with Crippen LogP contribution in [-0.2, 0) is 18.5 Å². The second kappa shape index (κ2) is 8.38. The number of nitrogens with zero attached hydrogens (tertiary/aromatic N) is 2. The lowest BCUT2D eigenvalue weighted by Gasteiger charge is -2.22. The highest BCUT2D eigenvalue weighted by atomic mass is 16.5. The average Bonchev–Trinajstić information content (AvgIpc) is 3.18. The third-order valence-electron chi connectivity index (χ3n) is 4.55. The monoisotopic (exact) mass is 380 g/mol. The molecule has 0 radical (unpaired) electrons. The highest BCUT2D eigenvalue weighted by Crippen LogP contribution is 2.27. The van der Waals surface area contributed by atoms with Crippen molar-refractivity contribution in [3.63, 3.8) is 0 Å². The van der Waals surface area contributed by atoms with Crippen LogP contribution in [-0.4, -0.2) is 19.2 Å². The Bertz CT molecular complexity index is 862. The molecule has 0 atom stereocenters. The van der Waals surface area contributed by atoms with Crippen LogP contribution in [0.4, 0.5) is 6.01 Å². The van der Waals surface area contributed by atoms with Crippen molar-refractivity contribution in [2.75, 3.05) is 19.1 Å². The van der Waals surface area contributed by atoms with E-state index in [4.69, 9.17) is 18.9 Å². The molecular weight excluding hydrogens is 352 g/mol. The first-order valence-corrected chi connectivity index (χ1v) is 9.36. The van der Waals surface area contributed by atoms with Crippen LogP contribution in [0.2, 0.25) is 0 Å². The molecule has 0 saturated heterocycles. The SMILES string of the molecule is COc1cccc(CN(Cc2cccc(OC)c2)c2nc(C(C)(C)C)co2)c1. The maximum absolute atomic E-state index is 5.86. The molecule has 2 aromatic carbocycles. The van der Waals surface area contributed by atoms with Crippen LogP contribution in [0.15, 0.2) is 59.2 Å². The van der Waals surface area contributed by atoms with E-state index in [0.29, 0.717) is 19.1 Å². The number of rotatable bonds is 7. The van der Waals surface area contributed by atoms with Gasteiger partial charge in [0.25, 0.3) is 6.01 Å². The van der Waals surface area contributed by atoms with Gasteiger partial charge in [0.1, 0.15) is 17.8 Å². The predicted octanol–water partition coefficient (Wildman–Crippen LogP) is 5.20. The molecule has 0 bridgehead atoms. The van der Waals surface area contributed by atoms with Crippen molar-refractivity contribution in [2.45, 2.75) is 39.3 Å². The van der Waals surface area contributed by atoms with Gasteiger partial charge >= 0.3 is 0 Å². The lowest BCUT2D eigenvalue weighted by molar-refractivity contribution is 0.414. The molecule has 3 rings (SSSR count). The molecule has 0 spiro atoms. The smallest absolute Gasteiger partial charge is 0.298 e. The third kappa shape index (κ3) is 4.85. The van der Waals surface area contributed by atoms with Gasteiger partial charge in [-0.1, -0.05) is 45.0 Å². The summed E-state index contributed by atoms with van der Waals surface area (Å²) in [5, 5.41) is 0. The van der Waals surface area contributed by atoms with Crippen LogP contribution in [0.25, 0.3) is 0 Å². The largest absolute Gasteiger partial charge is 0.497 e. The summed E-state index contributed by atoms with van der Waals surface area (Å²) in [6.07, 6.45) is 1.75. The lowest BCUT2D eigenvalue weighted by Crippen LogP contribution is -2.23. The summed E-state index contributed by atoms with van der Waals surface area (Å²) >= 11 is 0. The first-order valence-electron chi connectivity index (χ1n) is 9.36. The second-order valence-electron chi connectivity index (χ2n) is 7.82. The van der Waals surface area contributed by atoms with Gasteiger partial charge in [0.2, 0.25) is 0 Å². The van der Waals surface area contributed by atoms with Crippen LogP contribution in [0, 0.1) is 0 Å². The van der Waals surface area contributed by atoms with Gasteiger partial charge < -0.3 is 18.8 Å². The number of aromatic nitrogens is 1. The summed E-state index contributed by atoms with van der Waals surface area (Å²) in [7, 11) is 3.35. The van der Waals surface area contributed by atoms with E-state index in [1.165, 1.54) is 0 Å². The van der Waals surface area contributed by atoms with Crippen LogP contribution in [0.1, 0.15) is 37.6 Å². The third-order valence-corrected chi connectivity index (χ3v) is 4.55. The van der Waals surface area contributed by atoms with Crippen molar-refractivity contribution in [3.05, 3.63) is 71.6 Å². The average molecular weight is 380 g/mol. The van der Waals surface area contributed by atoms with Crippen LogP contribution in [0.3, 0.4) is 0 Å². The number of oxazole rings is 1. The molecule has 0 aliphatic carbocycles. The molecule has 0 unspecified atom stereocenters. The highest BCUT2D eigenvalue weighted by Gasteiger charge is 2.22. The minimum absolute atomic E-state index is 0.0701. The Morgan fingerprint density at radius 3 is 1.86 bits per heavy atom. The fourth-order valence-corrected chi connectivity index (χ4v) is 2.93. The Hall–Kier alpha value is -2.95. The topological polar surface area (TPSA) is 47.7 Å². The Labute approximate surface area is 166 Å². The minimum Gasteiger partial charge on any atom is -0.497 e. The fourth-order valence-electron chi connectivity index (χ4n) is 2.93. The summed E-state index contributed by atoms with van der Waals surface area (Å²) in [6.45, 7) is 7.69. The quantitative estimate of drug-likeness (QED) is 0.564. The molecule has 3 aromatic rings. The summed E-state index contributed by atoms with van der Waals surface area (Å²) in [4.78, 5) is 6.88. The number of hydrogen-bond acceptors (Lipinski definition) is 5. The van der Waals surface area contributed by atoms with Gasteiger partial charge in [0.15, 0.2) is 0 Å². The zero-order valence-electron chi connectivity index (χ0n) is 17.2. The Morgan fingerprint density at radius 1 is 0.893 bits per heavy atom. The van der Waals surface area contributed by atoms with Crippen molar-refractivity contribution in [2.24, 2.45) is 0 Å². The molecule has 1 aromatic heterocycles. The minimum atomic E-state index is -0.0701. The zero-order valence-corrected chi connectivity index (χ0v) is 17.2. The van der Waals surface area contributed by atoms with Crippen molar-refractivity contribution >= 4 is 6.01 Å². The lowest BCUT2D eigenvalue weighted by atomic mass is 9.93. The van der Waals surface area contributed by atoms with E-state index >= 15 is 0 Å². The fraction of sp³-hybridized carbons (Fsp3) is 0.348. The number of anilines is 1. The number of hydrogen-bond donors (Lipinski definition) is 0. The molecule has 148 valence electrons. The van der Waals surface area contributed by atoms with Gasteiger partial charge in [-0.25, -0.2) is 0 Å². The standard InChI is InChI=1S/C23H28N2O3/c1-23(2,3)21-16-28-22(24-21)25(14-17-8-6-10-19(12-17)26-4)15-18-9-7-11-20(13-18)27-5/h6-13,16H,14-15H2,1-5H3. The summed E-state index contributed by atoms with van der Waals surface area (Å²) in [5.41, 5.74) is 3.11. The maximum atomic E-state index is 5.86. The Kier molecular flexibility index (Phi) is 5.93. The predicted molar refractivity (Wildman–Crippen MR) is 111 cm³/mol. The molecule has 28 heavy (non-hydrogen) atoms. The molecule has 0 saturated carbocycles. The molecule has 1 heterocycles. The first kappa shape index (κ1) is 19.8. The molecule has 0 aliphatic heterocycles. The van der Waals surface area contributed by atoms with E-state index < -0.39 is 0 Å². The van der Waals surface area contributed by atoms with E-state index in [1.54, 1.807) is 20.5 Å². The van der Waals surface area contributed by atoms with Crippen LogP contribution >= 0.6 is 0 Å². The van der Waals surface area contributed by atoms with Crippen molar-refractivity contribution < 1.29 is 13.9 Å². The Morgan fingerprint density at radius 2 is 1.43 bits per heavy atom. The molecule has 0 fully saturated rings. The summed E-state index contributed by atoms with van der Waals surface area (Å²) in [6, 6.07) is 16.7. The molecule has 5 nitrogen and oxygen atoms in total. The molecule has 5 heteroatoms. The van der Waals surface area contributed by atoms with Crippen molar-refractivity contribution in [3.8, 4) is 11.5 Å². The highest BCUT2D eigenvalue weighted by molar-refractivity contribution is 5.38. The van der Waals surface area contributed by atoms with Gasteiger partial charge in [0.05, 0.1) is 19.9 Å². The first-order chi connectivity index (χ1) is 13.4. The van der Waals surface area contributed by atoms with Crippen molar-refractivity contribution in [1.29, 1.82) is 0 Å². The molecule has 0 amide bonds. The Balaban J connectivity index is 1.91. The van der Waals surface area contributed by atoms with Gasteiger partial charge in [-0.15, -0.1) is 0 Å². The summed E-state index contributed by atoms with van der Waals surface area (Å²) in [5.74, 6) is 1.67. The zero-order chi connectivity index (χ0) is 20.1. The van der Waals surface area contributed by atoms with E-state index in [-0.39, 0.29) is 5.41 Å². The van der Waals surface area contributed by atoms with Crippen molar-refractivity contribution in [1.82, 2.24) is 4.98 Å². The van der Waals surface area contributed by atoms with Gasteiger partial charge in [-0.3, -0.25) is 0 Å². The van der Waals surface area contributed by atoms with E-state index in [9.17, 15) is 0 Å².